The molecule has 0 aliphatic heterocycles. The SMILES string of the molecule is [C-]1=CC=CC1.[Cl-].[Zr+3].[c-]1ccccc1. The number of rotatable bonds is 0. The maximum Gasteiger partial charge on any atom is 3.00 e. The van der Waals surface area contributed by atoms with Crippen LogP contribution in [0.3, 0.4) is 0 Å². The van der Waals surface area contributed by atoms with Crippen molar-refractivity contribution in [3.05, 3.63) is 60.7 Å². The minimum Gasteiger partial charge on any atom is -1.00 e. The van der Waals surface area contributed by atoms with Crippen LogP contribution in [0.2, 0.25) is 0 Å². The number of allylic oxidation sites excluding steroid dienone is 4. The van der Waals surface area contributed by atoms with Gasteiger partial charge in [-0.15, -0.1) is 6.42 Å². The summed E-state index contributed by atoms with van der Waals surface area (Å²) >= 11 is 0. The third kappa shape index (κ3) is 9.79. The first-order valence-electron chi connectivity index (χ1n) is 3.63. The Bertz CT molecular complexity index is 192. The van der Waals surface area contributed by atoms with Crippen molar-refractivity contribution in [3.8, 4) is 0 Å². The van der Waals surface area contributed by atoms with E-state index in [0.717, 1.165) is 6.42 Å². The summed E-state index contributed by atoms with van der Waals surface area (Å²) in [5.74, 6) is 0. The number of benzene rings is 1. The van der Waals surface area contributed by atoms with Crippen molar-refractivity contribution in [2.45, 2.75) is 6.42 Å². The van der Waals surface area contributed by atoms with Gasteiger partial charge in [-0.05, 0) is 0 Å². The van der Waals surface area contributed by atoms with Crippen LogP contribution in [0.25, 0.3) is 0 Å². The predicted octanol–water partition coefficient (Wildman–Crippen LogP) is -0.206. The van der Waals surface area contributed by atoms with Crippen molar-refractivity contribution in [2.24, 2.45) is 0 Å². The average molecular weight is 269 g/mol. The first kappa shape index (κ1) is 15.3. The van der Waals surface area contributed by atoms with E-state index >= 15 is 0 Å². The van der Waals surface area contributed by atoms with Gasteiger partial charge in [0.15, 0.2) is 0 Å². The van der Waals surface area contributed by atoms with Gasteiger partial charge in [-0.2, -0.15) is 42.5 Å². The summed E-state index contributed by atoms with van der Waals surface area (Å²) < 4.78 is 0. The van der Waals surface area contributed by atoms with E-state index in [0.29, 0.717) is 0 Å². The van der Waals surface area contributed by atoms with Gasteiger partial charge in [0.25, 0.3) is 0 Å². The molecule has 1 radical (unpaired) electrons. The fourth-order valence-corrected chi connectivity index (χ4v) is 0.682. The first-order chi connectivity index (χ1) is 5.50. The van der Waals surface area contributed by atoms with Crippen LogP contribution in [0.5, 0.6) is 0 Å². The standard InChI is InChI=1S/C6H5.C5H5.ClH.Zr/c1-2-4-6-5-3-1;1-2-4-5-3-1;;/h1-5H;1-3H,4H2;1H;/q2*-1;;+3/p-1. The second kappa shape index (κ2) is 11.9. The minimum absolute atomic E-state index is 0. The Hall–Kier alpha value is -0.127. The second-order valence-electron chi connectivity index (χ2n) is 2.08. The molecular weight excluding hydrogens is 259 g/mol. The Morgan fingerprint density at radius 1 is 1.00 bits per heavy atom. The van der Waals surface area contributed by atoms with Gasteiger partial charge in [-0.3, -0.25) is 6.08 Å². The molecule has 0 bridgehead atoms. The normalized spacial score (nSPS) is 10.5. The Labute approximate surface area is 105 Å². The smallest absolute Gasteiger partial charge is 1.00 e. The Morgan fingerprint density at radius 3 is 1.85 bits per heavy atom. The van der Waals surface area contributed by atoms with Crippen LogP contribution in [0, 0.1) is 12.1 Å². The van der Waals surface area contributed by atoms with E-state index in [1.807, 2.05) is 42.5 Å². The van der Waals surface area contributed by atoms with Crippen LogP contribution in [-0.4, -0.2) is 0 Å². The first-order valence-corrected chi connectivity index (χ1v) is 3.63. The van der Waals surface area contributed by atoms with Gasteiger partial charge in [0.05, 0.1) is 0 Å². The predicted molar refractivity (Wildman–Crippen MR) is 46.8 cm³/mol. The molecule has 1 aliphatic rings. The van der Waals surface area contributed by atoms with E-state index in [-0.39, 0.29) is 38.6 Å². The van der Waals surface area contributed by atoms with Crippen molar-refractivity contribution in [1.29, 1.82) is 0 Å². The van der Waals surface area contributed by atoms with Crippen LogP contribution < -0.4 is 12.4 Å². The molecule has 0 nitrogen and oxygen atoms in total. The molecule has 2 heteroatoms. The maximum absolute atomic E-state index is 2.99. The monoisotopic (exact) mass is 267 g/mol. The molecule has 0 saturated heterocycles. The Kier molecular flexibility index (Phi) is 14.0. The zero-order valence-corrected chi connectivity index (χ0v) is 10.4. The molecule has 0 unspecified atom stereocenters. The number of hydrogen-bond donors (Lipinski definition) is 0. The molecule has 13 heavy (non-hydrogen) atoms. The van der Waals surface area contributed by atoms with Crippen LogP contribution in [0.1, 0.15) is 6.42 Å². The van der Waals surface area contributed by atoms with Gasteiger partial charge in [-0.1, -0.05) is 0 Å². The molecule has 0 atom stereocenters. The quantitative estimate of drug-likeness (QED) is 0.572. The molecule has 2 rings (SSSR count). The second-order valence-corrected chi connectivity index (χ2v) is 2.08. The van der Waals surface area contributed by atoms with Crippen LogP contribution in [0.4, 0.5) is 0 Å². The Balaban J connectivity index is 0. The minimum atomic E-state index is 0. The largest absolute Gasteiger partial charge is 3.00 e. The molecule has 0 fully saturated rings. The Morgan fingerprint density at radius 2 is 1.69 bits per heavy atom. The van der Waals surface area contributed by atoms with Crippen molar-refractivity contribution in [3.63, 3.8) is 0 Å². The zero-order chi connectivity index (χ0) is 7.78. The van der Waals surface area contributed by atoms with Gasteiger partial charge in [0.2, 0.25) is 0 Å². The molecule has 1 aromatic carbocycles. The molecular formula is C11H10ClZr. The van der Waals surface area contributed by atoms with Crippen LogP contribution in [0.15, 0.2) is 48.6 Å². The van der Waals surface area contributed by atoms with Gasteiger partial charge >= 0.3 is 26.2 Å². The van der Waals surface area contributed by atoms with Crippen LogP contribution >= 0.6 is 0 Å². The summed E-state index contributed by atoms with van der Waals surface area (Å²) in [7, 11) is 0. The molecule has 1 aliphatic carbocycles. The molecule has 65 valence electrons. The van der Waals surface area contributed by atoms with E-state index < -0.39 is 0 Å². The fraction of sp³-hybridized carbons (Fsp3) is 0.0909. The van der Waals surface area contributed by atoms with E-state index in [1.54, 1.807) is 0 Å². The molecule has 0 amide bonds. The van der Waals surface area contributed by atoms with Crippen molar-refractivity contribution >= 4 is 0 Å². The fourth-order valence-electron chi connectivity index (χ4n) is 0.682. The van der Waals surface area contributed by atoms with E-state index in [1.165, 1.54) is 0 Å². The van der Waals surface area contributed by atoms with Crippen molar-refractivity contribution < 1.29 is 38.6 Å². The summed E-state index contributed by atoms with van der Waals surface area (Å²) in [5.41, 5.74) is 0. The number of hydrogen-bond acceptors (Lipinski definition) is 0. The van der Waals surface area contributed by atoms with E-state index in [4.69, 9.17) is 0 Å². The van der Waals surface area contributed by atoms with Gasteiger partial charge < -0.3 is 12.4 Å². The summed E-state index contributed by atoms with van der Waals surface area (Å²) in [6.45, 7) is 0. The maximum atomic E-state index is 2.99. The molecule has 0 saturated carbocycles. The molecule has 0 N–H and O–H groups in total. The summed E-state index contributed by atoms with van der Waals surface area (Å²) in [6.07, 6.45) is 10.0. The summed E-state index contributed by atoms with van der Waals surface area (Å²) in [5, 5.41) is 0. The van der Waals surface area contributed by atoms with E-state index in [2.05, 4.69) is 18.2 Å². The number of halogens is 1. The molecule has 0 heterocycles. The third-order valence-electron chi connectivity index (χ3n) is 1.19. The van der Waals surface area contributed by atoms with Gasteiger partial charge in [0, 0.05) is 0 Å². The molecule has 0 aromatic heterocycles. The average Bonchev–Trinajstić information content (AvgIpc) is 2.64. The van der Waals surface area contributed by atoms with E-state index in [9.17, 15) is 0 Å². The molecule has 1 aromatic rings. The third-order valence-corrected chi connectivity index (χ3v) is 1.19. The zero-order valence-electron chi connectivity index (χ0n) is 7.20. The summed E-state index contributed by atoms with van der Waals surface area (Å²) in [6, 6.07) is 12.5. The van der Waals surface area contributed by atoms with Crippen molar-refractivity contribution in [2.75, 3.05) is 0 Å². The molecule has 0 spiro atoms. The van der Waals surface area contributed by atoms with Crippen LogP contribution in [-0.2, 0) is 26.2 Å². The van der Waals surface area contributed by atoms with Crippen molar-refractivity contribution in [1.82, 2.24) is 0 Å². The van der Waals surface area contributed by atoms with Gasteiger partial charge in [0.1, 0.15) is 0 Å². The topological polar surface area (TPSA) is 0 Å². The summed E-state index contributed by atoms with van der Waals surface area (Å²) in [4.78, 5) is 0. The van der Waals surface area contributed by atoms with Gasteiger partial charge in [-0.25, -0.2) is 12.2 Å².